The average molecular weight is 212 g/mol. The number of hydrogen-bond acceptors (Lipinski definition) is 3. The molecule has 4 heteroatoms. The maximum Gasteiger partial charge on any atom is 0.0819 e. The van der Waals surface area contributed by atoms with E-state index in [2.05, 4.69) is 0 Å². The Morgan fingerprint density at radius 3 is 2.42 bits per heavy atom. The summed E-state index contributed by atoms with van der Waals surface area (Å²) in [5.41, 5.74) is 5.72. The highest BCUT2D eigenvalue weighted by Crippen LogP contribution is 2.29. The predicted molar refractivity (Wildman–Crippen MR) is 57.2 cm³/mol. The molecule has 1 rings (SSSR count). The smallest absolute Gasteiger partial charge is 0.0819 e. The highest BCUT2D eigenvalue weighted by atomic mass is 35.5. The van der Waals surface area contributed by atoms with E-state index < -0.39 is 0 Å². The maximum atomic E-state index is 5.69. The molecule has 1 aliphatic rings. The van der Waals surface area contributed by atoms with Gasteiger partial charge in [0.05, 0.1) is 5.60 Å². The summed E-state index contributed by atoms with van der Waals surface area (Å²) in [6, 6.07) is 0. The Morgan fingerprint density at radius 1 is 1.42 bits per heavy atom. The third-order valence-electron chi connectivity index (χ3n) is 2.23. The summed E-state index contributed by atoms with van der Waals surface area (Å²) in [6.45, 7) is 3.52. The standard InChI is InChI=1S/C8H17NOS.ClH/c1-2-10-8(7-9)3-5-11-6-4-8;/h2-7,9H2,1H3;1H. The second kappa shape index (κ2) is 6.08. The number of hydrogen-bond donors (Lipinski definition) is 1. The van der Waals surface area contributed by atoms with E-state index in [1.54, 1.807) is 0 Å². The summed E-state index contributed by atoms with van der Waals surface area (Å²) >= 11 is 2.00. The molecule has 0 bridgehead atoms. The molecule has 1 saturated heterocycles. The fourth-order valence-electron chi connectivity index (χ4n) is 1.46. The predicted octanol–water partition coefficient (Wildman–Crippen LogP) is 1.67. The van der Waals surface area contributed by atoms with Crippen LogP contribution in [0.25, 0.3) is 0 Å². The molecular formula is C8H18ClNOS. The van der Waals surface area contributed by atoms with Gasteiger partial charge in [-0.1, -0.05) is 0 Å². The normalized spacial score (nSPS) is 21.5. The largest absolute Gasteiger partial charge is 0.374 e. The fourth-order valence-corrected chi connectivity index (χ4v) is 2.69. The van der Waals surface area contributed by atoms with E-state index in [0.717, 1.165) is 19.4 Å². The van der Waals surface area contributed by atoms with Gasteiger partial charge in [0.1, 0.15) is 0 Å². The van der Waals surface area contributed by atoms with Gasteiger partial charge in [0, 0.05) is 13.2 Å². The topological polar surface area (TPSA) is 35.2 Å². The first-order valence-electron chi connectivity index (χ1n) is 4.25. The van der Waals surface area contributed by atoms with Gasteiger partial charge in [-0.2, -0.15) is 11.8 Å². The molecule has 74 valence electrons. The molecule has 0 aromatic carbocycles. The first-order chi connectivity index (χ1) is 5.33. The number of halogens is 1. The van der Waals surface area contributed by atoms with Crippen molar-refractivity contribution in [3.63, 3.8) is 0 Å². The van der Waals surface area contributed by atoms with Crippen LogP contribution in [0.2, 0.25) is 0 Å². The lowest BCUT2D eigenvalue weighted by Gasteiger charge is -2.35. The summed E-state index contributed by atoms with van der Waals surface area (Å²) in [7, 11) is 0. The van der Waals surface area contributed by atoms with Crippen molar-refractivity contribution in [1.29, 1.82) is 0 Å². The molecule has 12 heavy (non-hydrogen) atoms. The van der Waals surface area contributed by atoms with E-state index in [9.17, 15) is 0 Å². The van der Waals surface area contributed by atoms with Gasteiger partial charge < -0.3 is 10.5 Å². The van der Waals surface area contributed by atoms with Gasteiger partial charge in [0.15, 0.2) is 0 Å². The lowest BCUT2D eigenvalue weighted by Crippen LogP contribution is -2.43. The highest BCUT2D eigenvalue weighted by molar-refractivity contribution is 7.99. The molecule has 0 amide bonds. The molecule has 1 heterocycles. The molecule has 0 spiro atoms. The number of rotatable bonds is 3. The molecule has 0 radical (unpaired) electrons. The third-order valence-corrected chi connectivity index (χ3v) is 3.21. The second-order valence-corrected chi connectivity index (χ2v) is 4.16. The second-order valence-electron chi connectivity index (χ2n) is 2.93. The zero-order valence-corrected chi connectivity index (χ0v) is 9.18. The highest BCUT2D eigenvalue weighted by Gasteiger charge is 2.30. The Morgan fingerprint density at radius 2 is 2.00 bits per heavy atom. The van der Waals surface area contributed by atoms with Crippen molar-refractivity contribution in [1.82, 2.24) is 0 Å². The van der Waals surface area contributed by atoms with Crippen LogP contribution in [0.4, 0.5) is 0 Å². The molecule has 1 fully saturated rings. The van der Waals surface area contributed by atoms with Crippen LogP contribution < -0.4 is 5.73 Å². The SMILES string of the molecule is CCOC1(CN)CCSCC1.Cl. The van der Waals surface area contributed by atoms with Gasteiger partial charge in [-0.15, -0.1) is 12.4 Å². The Labute approximate surface area is 85.0 Å². The quantitative estimate of drug-likeness (QED) is 0.772. The van der Waals surface area contributed by atoms with Crippen LogP contribution >= 0.6 is 24.2 Å². The monoisotopic (exact) mass is 211 g/mol. The van der Waals surface area contributed by atoms with Crippen LogP contribution in [-0.4, -0.2) is 30.3 Å². The minimum absolute atomic E-state index is 0. The molecule has 0 saturated carbocycles. The van der Waals surface area contributed by atoms with Gasteiger partial charge in [0.2, 0.25) is 0 Å². The minimum Gasteiger partial charge on any atom is -0.374 e. The van der Waals surface area contributed by atoms with Gasteiger partial charge in [0.25, 0.3) is 0 Å². The molecule has 1 aliphatic heterocycles. The number of ether oxygens (including phenoxy) is 1. The Balaban J connectivity index is 0.00000121. The Hall–Kier alpha value is 0.560. The van der Waals surface area contributed by atoms with Crippen LogP contribution in [0.15, 0.2) is 0 Å². The van der Waals surface area contributed by atoms with Crippen molar-refractivity contribution >= 4 is 24.2 Å². The maximum absolute atomic E-state index is 5.69. The van der Waals surface area contributed by atoms with Crippen molar-refractivity contribution in [2.24, 2.45) is 5.73 Å². The summed E-state index contributed by atoms with van der Waals surface area (Å²) in [5.74, 6) is 2.41. The molecule has 0 atom stereocenters. The van der Waals surface area contributed by atoms with Gasteiger partial charge in [-0.3, -0.25) is 0 Å². The van der Waals surface area contributed by atoms with Crippen molar-refractivity contribution in [3.8, 4) is 0 Å². The van der Waals surface area contributed by atoms with Crippen LogP contribution in [0.5, 0.6) is 0 Å². The zero-order chi connectivity index (χ0) is 8.16. The molecular weight excluding hydrogens is 194 g/mol. The molecule has 0 unspecified atom stereocenters. The van der Waals surface area contributed by atoms with Crippen molar-refractivity contribution < 1.29 is 4.74 Å². The van der Waals surface area contributed by atoms with Crippen LogP contribution in [-0.2, 0) is 4.74 Å². The van der Waals surface area contributed by atoms with Crippen LogP contribution in [0.1, 0.15) is 19.8 Å². The average Bonchev–Trinajstić information content (AvgIpc) is 2.07. The number of thioether (sulfide) groups is 1. The van der Waals surface area contributed by atoms with Crippen molar-refractivity contribution in [2.45, 2.75) is 25.4 Å². The fraction of sp³-hybridized carbons (Fsp3) is 1.00. The first-order valence-corrected chi connectivity index (χ1v) is 5.40. The molecule has 0 aliphatic carbocycles. The first kappa shape index (κ1) is 12.6. The Kier molecular flexibility index (Phi) is 6.36. The molecule has 0 aromatic heterocycles. The van der Waals surface area contributed by atoms with Crippen LogP contribution in [0, 0.1) is 0 Å². The van der Waals surface area contributed by atoms with E-state index in [4.69, 9.17) is 10.5 Å². The molecule has 2 nitrogen and oxygen atoms in total. The van der Waals surface area contributed by atoms with Gasteiger partial charge >= 0.3 is 0 Å². The summed E-state index contributed by atoms with van der Waals surface area (Å²) < 4.78 is 5.68. The van der Waals surface area contributed by atoms with E-state index >= 15 is 0 Å². The van der Waals surface area contributed by atoms with Crippen LogP contribution in [0.3, 0.4) is 0 Å². The molecule has 0 aromatic rings. The lowest BCUT2D eigenvalue weighted by atomic mass is 9.97. The summed E-state index contributed by atoms with van der Waals surface area (Å²) in [4.78, 5) is 0. The van der Waals surface area contributed by atoms with Crippen molar-refractivity contribution in [2.75, 3.05) is 24.7 Å². The minimum atomic E-state index is 0. The van der Waals surface area contributed by atoms with E-state index in [-0.39, 0.29) is 18.0 Å². The summed E-state index contributed by atoms with van der Waals surface area (Å²) in [5, 5.41) is 0. The van der Waals surface area contributed by atoms with E-state index in [1.807, 2.05) is 18.7 Å². The zero-order valence-electron chi connectivity index (χ0n) is 7.54. The molecule has 2 N–H and O–H groups in total. The van der Waals surface area contributed by atoms with E-state index in [0.29, 0.717) is 6.54 Å². The van der Waals surface area contributed by atoms with Gasteiger partial charge in [-0.05, 0) is 31.3 Å². The van der Waals surface area contributed by atoms with E-state index in [1.165, 1.54) is 11.5 Å². The van der Waals surface area contributed by atoms with Gasteiger partial charge in [-0.25, -0.2) is 0 Å². The lowest BCUT2D eigenvalue weighted by molar-refractivity contribution is -0.0379. The Bertz CT molecular complexity index is 112. The summed E-state index contributed by atoms with van der Waals surface area (Å²) in [6.07, 6.45) is 2.25. The number of nitrogens with two attached hydrogens (primary N) is 1. The third kappa shape index (κ3) is 3.13. The van der Waals surface area contributed by atoms with Crippen molar-refractivity contribution in [3.05, 3.63) is 0 Å².